The first kappa shape index (κ1) is 34.8. The van der Waals surface area contributed by atoms with Crippen molar-refractivity contribution in [2.24, 2.45) is 0 Å². The Morgan fingerprint density at radius 1 is 0.328 bits per heavy atom. The molecule has 12 aromatic rings. The molecule has 0 saturated heterocycles. The van der Waals surface area contributed by atoms with Crippen molar-refractivity contribution in [1.82, 2.24) is 19.5 Å². The normalized spacial score (nSPS) is 11.6. The average molecular weight is 777 g/mol. The van der Waals surface area contributed by atoms with Gasteiger partial charge < -0.3 is 4.57 Å². The van der Waals surface area contributed by atoms with Crippen LogP contribution in [0.15, 0.2) is 218 Å². The van der Waals surface area contributed by atoms with Gasteiger partial charge in [-0.3, -0.25) is 0 Å². The van der Waals surface area contributed by atoms with Crippen LogP contribution in [0.1, 0.15) is 0 Å². The summed E-state index contributed by atoms with van der Waals surface area (Å²) in [7, 11) is 0. The predicted molar refractivity (Wildman–Crippen MR) is 254 cm³/mol. The number of hydrogen-bond acceptors (Lipinski definition) is 3. The van der Waals surface area contributed by atoms with Gasteiger partial charge in [0, 0.05) is 60.4 Å². The summed E-state index contributed by atoms with van der Waals surface area (Å²) in [5.41, 5.74) is 13.5. The average Bonchev–Trinajstić information content (AvgIpc) is 3.68. The Morgan fingerprint density at radius 3 is 1.56 bits per heavy atom. The monoisotopic (exact) mass is 776 g/mol. The van der Waals surface area contributed by atoms with E-state index in [1.54, 1.807) is 0 Å². The topological polar surface area (TPSA) is 43.6 Å². The summed E-state index contributed by atoms with van der Waals surface area (Å²) in [5.74, 6) is 0.703. The van der Waals surface area contributed by atoms with E-state index in [1.807, 2.05) is 36.4 Å². The van der Waals surface area contributed by atoms with Crippen molar-refractivity contribution < 1.29 is 0 Å². The Morgan fingerprint density at radius 2 is 0.869 bits per heavy atom. The Labute approximate surface area is 352 Å². The second-order valence-corrected chi connectivity index (χ2v) is 15.6. The molecule has 12 rings (SSSR count). The lowest BCUT2D eigenvalue weighted by Gasteiger charge is -2.16. The fraction of sp³-hybridized carbons (Fsp3) is 0. The van der Waals surface area contributed by atoms with Gasteiger partial charge in [0.1, 0.15) is 0 Å². The van der Waals surface area contributed by atoms with Crippen LogP contribution in [0, 0.1) is 0 Å². The van der Waals surface area contributed by atoms with E-state index >= 15 is 0 Å². The van der Waals surface area contributed by atoms with E-state index in [9.17, 15) is 0 Å². The van der Waals surface area contributed by atoms with Gasteiger partial charge >= 0.3 is 0 Å². The highest BCUT2D eigenvalue weighted by molar-refractivity contribution is 6.24. The van der Waals surface area contributed by atoms with Gasteiger partial charge in [-0.05, 0) is 46.7 Å². The Hall–Kier alpha value is -8.21. The number of fused-ring (bicyclic) bond motifs is 8. The number of benzene rings is 9. The maximum atomic E-state index is 5.59. The Bertz CT molecular complexity index is 3500. The van der Waals surface area contributed by atoms with Crippen LogP contribution in [0.4, 0.5) is 0 Å². The number of nitrogens with zero attached hydrogens (tertiary/aromatic N) is 4. The number of pyridine rings is 1. The molecule has 0 unspecified atom stereocenters. The maximum absolute atomic E-state index is 5.59. The van der Waals surface area contributed by atoms with E-state index in [2.05, 4.69) is 187 Å². The molecule has 9 aromatic carbocycles. The minimum atomic E-state index is 0.703. The van der Waals surface area contributed by atoms with Crippen molar-refractivity contribution >= 4 is 54.3 Å². The maximum Gasteiger partial charge on any atom is 0.160 e. The summed E-state index contributed by atoms with van der Waals surface area (Å²) >= 11 is 0. The van der Waals surface area contributed by atoms with Crippen LogP contribution >= 0.6 is 0 Å². The first-order chi connectivity index (χ1) is 30.2. The van der Waals surface area contributed by atoms with Crippen LogP contribution < -0.4 is 0 Å². The molecule has 0 atom stereocenters. The zero-order valence-electron chi connectivity index (χ0n) is 33.1. The van der Waals surface area contributed by atoms with Gasteiger partial charge in [0.25, 0.3) is 0 Å². The fourth-order valence-electron chi connectivity index (χ4n) is 9.11. The molecule has 0 N–H and O–H groups in total. The third kappa shape index (κ3) is 5.88. The van der Waals surface area contributed by atoms with Crippen LogP contribution in [-0.2, 0) is 0 Å². The van der Waals surface area contributed by atoms with Crippen LogP contribution in [0.2, 0.25) is 0 Å². The molecule has 0 spiro atoms. The van der Waals surface area contributed by atoms with Gasteiger partial charge in [-0.15, -0.1) is 0 Å². The molecule has 0 fully saturated rings. The van der Waals surface area contributed by atoms with E-state index < -0.39 is 0 Å². The van der Waals surface area contributed by atoms with Gasteiger partial charge in [-0.2, -0.15) is 0 Å². The molecule has 0 aliphatic rings. The van der Waals surface area contributed by atoms with E-state index in [0.717, 1.165) is 72.4 Å². The van der Waals surface area contributed by atoms with E-state index in [1.165, 1.54) is 38.0 Å². The molecule has 0 aliphatic heterocycles. The molecule has 3 aromatic heterocycles. The lowest BCUT2D eigenvalue weighted by atomic mass is 9.92. The number of para-hydroxylation sites is 3. The van der Waals surface area contributed by atoms with Crippen molar-refractivity contribution in [2.75, 3.05) is 0 Å². The molecule has 61 heavy (non-hydrogen) atoms. The molecule has 0 amide bonds. The lowest BCUT2D eigenvalue weighted by molar-refractivity contribution is 1.18. The van der Waals surface area contributed by atoms with Crippen molar-refractivity contribution in [3.8, 4) is 62.0 Å². The number of rotatable bonds is 6. The summed E-state index contributed by atoms with van der Waals surface area (Å²) in [6.07, 6.45) is 0. The van der Waals surface area contributed by atoms with Gasteiger partial charge in [0.05, 0.1) is 33.6 Å². The smallest absolute Gasteiger partial charge is 0.160 e. The van der Waals surface area contributed by atoms with Gasteiger partial charge in [-0.25, -0.2) is 15.0 Å². The van der Waals surface area contributed by atoms with Crippen LogP contribution in [0.25, 0.3) is 116 Å². The summed E-state index contributed by atoms with van der Waals surface area (Å²) in [5, 5.41) is 8.41. The molecular formula is C57H36N4. The molecule has 4 heteroatoms. The zero-order chi connectivity index (χ0) is 40.3. The van der Waals surface area contributed by atoms with Crippen LogP contribution in [0.5, 0.6) is 0 Å². The first-order valence-electron chi connectivity index (χ1n) is 20.7. The number of hydrogen-bond donors (Lipinski definition) is 0. The molecule has 0 bridgehead atoms. The summed E-state index contributed by atoms with van der Waals surface area (Å²) < 4.78 is 2.36. The largest absolute Gasteiger partial charge is 0.309 e. The minimum absolute atomic E-state index is 0.703. The van der Waals surface area contributed by atoms with E-state index in [0.29, 0.717) is 5.82 Å². The van der Waals surface area contributed by atoms with Gasteiger partial charge in [0.2, 0.25) is 0 Å². The lowest BCUT2D eigenvalue weighted by Crippen LogP contribution is -1.96. The summed E-state index contributed by atoms with van der Waals surface area (Å²) in [6.45, 7) is 0. The second kappa shape index (κ2) is 14.3. The van der Waals surface area contributed by atoms with E-state index in [4.69, 9.17) is 15.0 Å². The fourth-order valence-corrected chi connectivity index (χ4v) is 9.11. The minimum Gasteiger partial charge on any atom is -0.309 e. The molecule has 0 aliphatic carbocycles. The summed E-state index contributed by atoms with van der Waals surface area (Å²) in [4.78, 5) is 15.7. The second-order valence-electron chi connectivity index (χ2n) is 15.6. The van der Waals surface area contributed by atoms with Crippen molar-refractivity contribution in [2.45, 2.75) is 0 Å². The highest BCUT2D eigenvalue weighted by atomic mass is 15.0. The highest BCUT2D eigenvalue weighted by Crippen LogP contribution is 2.41. The van der Waals surface area contributed by atoms with Gasteiger partial charge in [0.15, 0.2) is 5.82 Å². The quantitative estimate of drug-likeness (QED) is 0.158. The number of aromatic nitrogens is 4. The zero-order valence-corrected chi connectivity index (χ0v) is 33.1. The van der Waals surface area contributed by atoms with Gasteiger partial charge in [-0.1, -0.05) is 188 Å². The molecular weight excluding hydrogens is 741 g/mol. The third-order valence-electron chi connectivity index (χ3n) is 12.0. The summed E-state index contributed by atoms with van der Waals surface area (Å²) in [6, 6.07) is 77.3. The van der Waals surface area contributed by atoms with Crippen molar-refractivity contribution in [1.29, 1.82) is 0 Å². The van der Waals surface area contributed by atoms with E-state index in [-0.39, 0.29) is 0 Å². The predicted octanol–water partition coefficient (Wildman–Crippen LogP) is 14.8. The van der Waals surface area contributed by atoms with Crippen LogP contribution in [-0.4, -0.2) is 19.5 Å². The SMILES string of the molecule is c1ccc(-c2cc(-c3ccc(-c4cccc5c4nc(-c4ccc(-n6c7ccccc7c7ccccc76)cc4)c4ccc6ccccc6c45)cc3)nc(-c3ccccc3)n2)cc1. The molecule has 0 radical (unpaired) electrons. The Balaban J connectivity index is 1.01. The Kier molecular flexibility index (Phi) is 8.13. The molecule has 3 heterocycles. The van der Waals surface area contributed by atoms with Crippen LogP contribution in [0.3, 0.4) is 0 Å². The molecule has 0 saturated carbocycles. The van der Waals surface area contributed by atoms with Crippen molar-refractivity contribution in [3.05, 3.63) is 218 Å². The molecule has 284 valence electrons. The standard InChI is InChI=1S/C57H36N4/c1-3-15-39(16-4-1)50-36-51(59-57(58-50)42-17-5-2-6-18-42)40-28-26-38(27-29-40)45-22-13-23-48-54-44-19-8-7-14-37(44)32-35-49(54)55(60-56(45)48)41-30-33-43(34-31-41)61-52-24-11-9-20-46(52)47-21-10-12-25-53(47)61/h1-36H. The van der Waals surface area contributed by atoms with Crippen molar-refractivity contribution in [3.63, 3.8) is 0 Å². The first-order valence-corrected chi connectivity index (χ1v) is 20.7. The highest BCUT2D eigenvalue weighted by Gasteiger charge is 2.18. The molecule has 4 nitrogen and oxygen atoms in total. The third-order valence-corrected chi connectivity index (χ3v) is 12.0.